The summed E-state index contributed by atoms with van der Waals surface area (Å²) < 4.78 is 28.8. The van der Waals surface area contributed by atoms with Gasteiger partial charge < -0.3 is 5.73 Å². The van der Waals surface area contributed by atoms with Crippen LogP contribution in [0.15, 0.2) is 35.2 Å². The second kappa shape index (κ2) is 12.5. The second-order valence-corrected chi connectivity index (χ2v) is 7.53. The molecule has 1 aromatic carbocycles. The third-order valence-electron chi connectivity index (χ3n) is 3.87. The van der Waals surface area contributed by atoms with Gasteiger partial charge in [0.2, 0.25) is 0 Å². The number of hydrogen-bond acceptors (Lipinski definition) is 4. The minimum atomic E-state index is -3.58. The summed E-state index contributed by atoms with van der Waals surface area (Å²) in [4.78, 5) is 0.231. The van der Waals surface area contributed by atoms with Crippen molar-refractivity contribution >= 4 is 10.1 Å². The SMILES string of the molecule is NCCCCCCCCCCCCOS(=O)(=O)c1ccccc1. The average molecular weight is 342 g/mol. The topological polar surface area (TPSA) is 69.4 Å². The van der Waals surface area contributed by atoms with Crippen LogP contribution < -0.4 is 5.73 Å². The Morgan fingerprint density at radius 1 is 0.739 bits per heavy atom. The fourth-order valence-corrected chi connectivity index (χ4v) is 3.45. The number of nitrogens with two attached hydrogens (primary N) is 1. The van der Waals surface area contributed by atoms with E-state index in [1.54, 1.807) is 30.3 Å². The zero-order valence-electron chi connectivity index (χ0n) is 14.1. The van der Waals surface area contributed by atoms with Crippen molar-refractivity contribution in [2.75, 3.05) is 13.2 Å². The van der Waals surface area contributed by atoms with Gasteiger partial charge >= 0.3 is 0 Å². The highest BCUT2D eigenvalue weighted by molar-refractivity contribution is 7.86. The van der Waals surface area contributed by atoms with Crippen molar-refractivity contribution in [2.45, 2.75) is 69.1 Å². The molecular weight excluding hydrogens is 310 g/mol. The summed E-state index contributed by atoms with van der Waals surface area (Å²) in [6.07, 6.45) is 11.8. The second-order valence-electron chi connectivity index (χ2n) is 5.91. The Bertz CT molecular complexity index is 488. The molecule has 132 valence electrons. The third-order valence-corrected chi connectivity index (χ3v) is 5.20. The highest BCUT2D eigenvalue weighted by Crippen LogP contribution is 2.13. The third kappa shape index (κ3) is 9.74. The lowest BCUT2D eigenvalue weighted by Crippen LogP contribution is -2.07. The van der Waals surface area contributed by atoms with E-state index in [9.17, 15) is 8.42 Å². The van der Waals surface area contributed by atoms with Crippen LogP contribution >= 0.6 is 0 Å². The molecule has 0 aliphatic rings. The summed E-state index contributed by atoms with van der Waals surface area (Å²) in [5.74, 6) is 0. The molecule has 0 spiro atoms. The van der Waals surface area contributed by atoms with Crippen molar-refractivity contribution in [1.82, 2.24) is 0 Å². The van der Waals surface area contributed by atoms with E-state index >= 15 is 0 Å². The quantitative estimate of drug-likeness (QED) is 0.406. The van der Waals surface area contributed by atoms with E-state index < -0.39 is 10.1 Å². The maximum Gasteiger partial charge on any atom is 0.296 e. The van der Waals surface area contributed by atoms with Crippen LogP contribution in [0.2, 0.25) is 0 Å². The molecule has 0 aliphatic heterocycles. The molecule has 0 unspecified atom stereocenters. The largest absolute Gasteiger partial charge is 0.330 e. The van der Waals surface area contributed by atoms with Crippen LogP contribution in [0.25, 0.3) is 0 Å². The van der Waals surface area contributed by atoms with Crippen molar-refractivity contribution in [3.63, 3.8) is 0 Å². The molecule has 4 nitrogen and oxygen atoms in total. The van der Waals surface area contributed by atoms with E-state index in [2.05, 4.69) is 0 Å². The van der Waals surface area contributed by atoms with E-state index in [0.29, 0.717) is 0 Å². The minimum absolute atomic E-state index is 0.231. The first-order valence-corrected chi connectivity index (χ1v) is 10.2. The lowest BCUT2D eigenvalue weighted by molar-refractivity contribution is 0.306. The first kappa shape index (κ1) is 20.1. The standard InChI is InChI=1S/C18H31NO3S/c19-16-12-7-5-3-1-2-4-6-8-13-17-22-23(20,21)18-14-10-9-11-15-18/h9-11,14-15H,1-8,12-13,16-17,19H2. The Kier molecular flexibility index (Phi) is 10.9. The van der Waals surface area contributed by atoms with Gasteiger partial charge in [0.25, 0.3) is 10.1 Å². The van der Waals surface area contributed by atoms with Gasteiger partial charge in [0, 0.05) is 0 Å². The van der Waals surface area contributed by atoms with Crippen LogP contribution in [0, 0.1) is 0 Å². The molecule has 2 N–H and O–H groups in total. The average Bonchev–Trinajstić information content (AvgIpc) is 2.56. The number of hydrogen-bond donors (Lipinski definition) is 1. The molecule has 0 bridgehead atoms. The van der Waals surface area contributed by atoms with Crippen molar-refractivity contribution in [3.05, 3.63) is 30.3 Å². The molecule has 5 heteroatoms. The number of benzene rings is 1. The van der Waals surface area contributed by atoms with Crippen molar-refractivity contribution in [1.29, 1.82) is 0 Å². The summed E-state index contributed by atoms with van der Waals surface area (Å²) in [6, 6.07) is 8.31. The molecule has 0 saturated heterocycles. The Morgan fingerprint density at radius 3 is 1.74 bits per heavy atom. The van der Waals surface area contributed by atoms with Gasteiger partial charge in [-0.3, -0.25) is 4.18 Å². The number of unbranched alkanes of at least 4 members (excludes halogenated alkanes) is 9. The molecule has 0 heterocycles. The molecule has 0 saturated carbocycles. The summed E-state index contributed by atoms with van der Waals surface area (Å²) in [5.41, 5.74) is 5.46. The smallest absolute Gasteiger partial charge is 0.296 e. The predicted molar refractivity (Wildman–Crippen MR) is 94.8 cm³/mol. The van der Waals surface area contributed by atoms with Crippen LogP contribution in [0.1, 0.15) is 64.2 Å². The van der Waals surface area contributed by atoms with E-state index in [0.717, 1.165) is 32.2 Å². The van der Waals surface area contributed by atoms with Crippen LogP contribution in [-0.2, 0) is 14.3 Å². The Labute approximate surface area is 141 Å². The number of rotatable bonds is 14. The fraction of sp³-hybridized carbons (Fsp3) is 0.667. The van der Waals surface area contributed by atoms with Crippen LogP contribution in [-0.4, -0.2) is 21.6 Å². The highest BCUT2D eigenvalue weighted by atomic mass is 32.2. The normalized spacial score (nSPS) is 11.7. The van der Waals surface area contributed by atoms with Crippen molar-refractivity contribution in [2.24, 2.45) is 5.73 Å². The maximum absolute atomic E-state index is 11.9. The van der Waals surface area contributed by atoms with Crippen molar-refractivity contribution in [3.8, 4) is 0 Å². The van der Waals surface area contributed by atoms with Gasteiger partial charge in [-0.15, -0.1) is 0 Å². The predicted octanol–water partition coefficient (Wildman–Crippen LogP) is 4.25. The molecule has 23 heavy (non-hydrogen) atoms. The van der Waals surface area contributed by atoms with E-state index in [4.69, 9.17) is 9.92 Å². The van der Waals surface area contributed by atoms with Crippen molar-refractivity contribution < 1.29 is 12.6 Å². The highest BCUT2D eigenvalue weighted by Gasteiger charge is 2.13. The van der Waals surface area contributed by atoms with E-state index in [1.165, 1.54) is 38.5 Å². The molecule has 1 rings (SSSR count). The van der Waals surface area contributed by atoms with Gasteiger partial charge in [-0.1, -0.05) is 69.6 Å². The summed E-state index contributed by atoms with van der Waals surface area (Å²) >= 11 is 0. The van der Waals surface area contributed by atoms with Gasteiger partial charge in [-0.2, -0.15) is 8.42 Å². The van der Waals surface area contributed by atoms with E-state index in [-0.39, 0.29) is 11.5 Å². The molecule has 1 aromatic rings. The van der Waals surface area contributed by atoms with Gasteiger partial charge in [0.05, 0.1) is 11.5 Å². The molecule has 0 radical (unpaired) electrons. The molecule has 0 atom stereocenters. The summed E-state index contributed by atoms with van der Waals surface area (Å²) in [7, 11) is -3.58. The molecule has 0 aromatic heterocycles. The lowest BCUT2D eigenvalue weighted by Gasteiger charge is -2.05. The first-order valence-electron chi connectivity index (χ1n) is 8.81. The monoisotopic (exact) mass is 341 g/mol. The summed E-state index contributed by atoms with van der Waals surface area (Å²) in [6.45, 7) is 1.08. The molecule has 0 fully saturated rings. The molecule has 0 amide bonds. The fourth-order valence-electron chi connectivity index (χ4n) is 2.48. The molecular formula is C18H31NO3S. The van der Waals surface area contributed by atoms with Crippen LogP contribution in [0.5, 0.6) is 0 Å². The zero-order chi connectivity index (χ0) is 16.8. The Balaban J connectivity index is 1.96. The van der Waals surface area contributed by atoms with Gasteiger partial charge in [0.1, 0.15) is 0 Å². The van der Waals surface area contributed by atoms with Gasteiger partial charge in [-0.05, 0) is 31.5 Å². The summed E-state index contributed by atoms with van der Waals surface area (Å²) in [5, 5.41) is 0. The van der Waals surface area contributed by atoms with Crippen LogP contribution in [0.4, 0.5) is 0 Å². The van der Waals surface area contributed by atoms with Crippen LogP contribution in [0.3, 0.4) is 0 Å². The minimum Gasteiger partial charge on any atom is -0.330 e. The zero-order valence-corrected chi connectivity index (χ0v) is 14.9. The van der Waals surface area contributed by atoms with Gasteiger partial charge in [-0.25, -0.2) is 0 Å². The maximum atomic E-state index is 11.9. The Hall–Kier alpha value is -0.910. The lowest BCUT2D eigenvalue weighted by atomic mass is 10.1. The Morgan fingerprint density at radius 2 is 1.22 bits per heavy atom. The molecule has 0 aliphatic carbocycles. The van der Waals surface area contributed by atoms with Gasteiger partial charge in [0.15, 0.2) is 0 Å². The first-order chi connectivity index (χ1) is 11.2. The van der Waals surface area contributed by atoms with E-state index in [1.807, 2.05) is 0 Å².